The molecule has 3 rings (SSSR count). The monoisotopic (exact) mass is 498 g/mol. The molecule has 0 atom stereocenters. The maximum Gasteiger partial charge on any atom is 0.151 e. The van der Waals surface area contributed by atoms with Gasteiger partial charge in [0.25, 0.3) is 0 Å². The first-order chi connectivity index (χ1) is 13.1. The summed E-state index contributed by atoms with van der Waals surface area (Å²) in [5.41, 5.74) is 2.14. The molecular formula is C20H28Br2N4O. The van der Waals surface area contributed by atoms with Crippen molar-refractivity contribution in [3.8, 4) is 0 Å². The Balaban J connectivity index is 2.15. The second-order valence-electron chi connectivity index (χ2n) is 7.53. The molecule has 0 unspecified atom stereocenters. The minimum atomic E-state index is 0.399. The maximum atomic E-state index is 11.6. The van der Waals surface area contributed by atoms with Crippen molar-refractivity contribution in [3.05, 3.63) is 25.7 Å². The molecule has 1 aliphatic heterocycles. The number of fused-ring (bicyclic) bond motifs is 1. The van der Waals surface area contributed by atoms with E-state index in [9.17, 15) is 4.91 Å². The molecule has 1 saturated heterocycles. The third-order valence-electron chi connectivity index (χ3n) is 5.57. The van der Waals surface area contributed by atoms with E-state index >= 15 is 0 Å². The van der Waals surface area contributed by atoms with E-state index in [1.54, 1.807) is 0 Å². The predicted octanol–water partition coefficient (Wildman–Crippen LogP) is 6.64. The van der Waals surface area contributed by atoms with Crippen LogP contribution in [0.25, 0.3) is 11.0 Å². The molecule has 2 heterocycles. The quantitative estimate of drug-likeness (QED) is 0.414. The molecule has 0 saturated carbocycles. The van der Waals surface area contributed by atoms with Gasteiger partial charge in [0.05, 0.1) is 9.99 Å². The molecule has 5 nitrogen and oxygen atoms in total. The molecule has 0 aliphatic carbocycles. The normalized spacial score (nSPS) is 15.7. The van der Waals surface area contributed by atoms with Gasteiger partial charge in [-0.3, -0.25) is 0 Å². The Hall–Kier alpha value is -0.790. The fourth-order valence-electron chi connectivity index (χ4n) is 4.21. The first kappa shape index (κ1) is 20.9. The van der Waals surface area contributed by atoms with Crippen LogP contribution < -0.4 is 5.32 Å². The topological polar surface area (TPSA) is 59.3 Å². The first-order valence-corrected chi connectivity index (χ1v) is 11.6. The minimum Gasteiger partial charge on any atom is -0.327 e. The van der Waals surface area contributed by atoms with Crippen molar-refractivity contribution in [2.75, 3.05) is 13.1 Å². The van der Waals surface area contributed by atoms with Crippen LogP contribution in [0.15, 0.2) is 20.2 Å². The maximum absolute atomic E-state index is 11.6. The lowest BCUT2D eigenvalue weighted by Gasteiger charge is -2.25. The van der Waals surface area contributed by atoms with Gasteiger partial charge in [-0.2, -0.15) is 0 Å². The lowest BCUT2D eigenvalue weighted by Crippen LogP contribution is -2.30. The molecular weight excluding hydrogens is 472 g/mol. The van der Waals surface area contributed by atoms with Crippen LogP contribution in [0.5, 0.6) is 0 Å². The van der Waals surface area contributed by atoms with Gasteiger partial charge < -0.3 is 9.88 Å². The minimum absolute atomic E-state index is 0.399. The second kappa shape index (κ2) is 9.61. The zero-order chi connectivity index (χ0) is 19.4. The van der Waals surface area contributed by atoms with Gasteiger partial charge in [-0.05, 0) is 87.8 Å². The van der Waals surface area contributed by atoms with Crippen LogP contribution in [0.1, 0.15) is 64.1 Å². The summed E-state index contributed by atoms with van der Waals surface area (Å²) < 4.78 is 3.92. The van der Waals surface area contributed by atoms with Crippen LogP contribution in [-0.4, -0.2) is 22.6 Å². The Morgan fingerprint density at radius 1 is 1.26 bits per heavy atom. The van der Waals surface area contributed by atoms with Crippen molar-refractivity contribution in [3.63, 3.8) is 0 Å². The number of benzene rings is 1. The van der Waals surface area contributed by atoms with Crippen LogP contribution in [-0.2, 0) is 6.54 Å². The molecule has 1 N–H and O–H groups in total. The van der Waals surface area contributed by atoms with Crippen molar-refractivity contribution in [1.29, 1.82) is 0 Å². The van der Waals surface area contributed by atoms with Crippen molar-refractivity contribution in [1.82, 2.24) is 14.9 Å². The lowest BCUT2D eigenvalue weighted by molar-refractivity contribution is 0.328. The number of rotatable bonds is 8. The summed E-state index contributed by atoms with van der Waals surface area (Å²) in [6.45, 7) is 7.58. The van der Waals surface area contributed by atoms with E-state index in [0.717, 1.165) is 66.6 Å². The molecule has 0 spiro atoms. The zero-order valence-corrected chi connectivity index (χ0v) is 19.3. The average Bonchev–Trinajstić information content (AvgIpc) is 3.01. The van der Waals surface area contributed by atoms with Crippen molar-refractivity contribution < 1.29 is 0 Å². The number of nitroso groups, excluding NO2 is 1. The molecule has 0 radical (unpaired) electrons. The SMILES string of the molecule is CCCC(CCC)c1nc2c(N=O)c(Br)c(Br)cc2n1CC1CCNCC1. The predicted molar refractivity (Wildman–Crippen MR) is 119 cm³/mol. The van der Waals surface area contributed by atoms with E-state index in [4.69, 9.17) is 4.98 Å². The number of hydrogen-bond donors (Lipinski definition) is 1. The smallest absolute Gasteiger partial charge is 0.151 e. The largest absolute Gasteiger partial charge is 0.327 e. The molecule has 1 aromatic carbocycles. The molecule has 7 heteroatoms. The molecule has 1 aromatic heterocycles. The Morgan fingerprint density at radius 3 is 2.52 bits per heavy atom. The summed E-state index contributed by atoms with van der Waals surface area (Å²) in [5, 5.41) is 6.75. The summed E-state index contributed by atoms with van der Waals surface area (Å²) in [6.07, 6.45) is 6.87. The van der Waals surface area contributed by atoms with Gasteiger partial charge in [0.2, 0.25) is 0 Å². The molecule has 1 fully saturated rings. The van der Waals surface area contributed by atoms with Crippen LogP contribution in [0.4, 0.5) is 5.69 Å². The van der Waals surface area contributed by atoms with Gasteiger partial charge in [0.15, 0.2) is 5.69 Å². The average molecular weight is 500 g/mol. The lowest BCUT2D eigenvalue weighted by atomic mass is 9.95. The van der Waals surface area contributed by atoms with E-state index in [2.05, 4.69) is 66.8 Å². The van der Waals surface area contributed by atoms with Gasteiger partial charge in [-0.25, -0.2) is 4.98 Å². The van der Waals surface area contributed by atoms with Gasteiger partial charge in [0, 0.05) is 16.9 Å². The third kappa shape index (κ3) is 4.46. The summed E-state index contributed by atoms with van der Waals surface area (Å²) in [7, 11) is 0. The molecule has 2 aromatic rings. The van der Waals surface area contributed by atoms with Crippen molar-refractivity contribution in [2.45, 2.75) is 64.8 Å². The van der Waals surface area contributed by atoms with E-state index in [-0.39, 0.29) is 0 Å². The number of nitrogens with one attached hydrogen (secondary N) is 1. The van der Waals surface area contributed by atoms with Gasteiger partial charge in [-0.15, -0.1) is 4.91 Å². The van der Waals surface area contributed by atoms with Gasteiger partial charge >= 0.3 is 0 Å². The van der Waals surface area contributed by atoms with Crippen molar-refractivity contribution in [2.24, 2.45) is 11.1 Å². The fourth-order valence-corrected chi connectivity index (χ4v) is 4.99. The standard InChI is InChI=1S/C20H28Br2N4O/c1-3-5-14(6-4-2)20-24-18-16(11-15(21)17(22)19(18)25-27)26(20)12-13-7-9-23-10-8-13/h11,13-14,23H,3-10,12H2,1-2H3. The highest BCUT2D eigenvalue weighted by atomic mass is 79.9. The Bertz CT molecular complexity index is 793. The molecule has 0 bridgehead atoms. The zero-order valence-electron chi connectivity index (χ0n) is 16.1. The number of piperidine rings is 1. The number of nitrogens with zero attached hydrogens (tertiary/aromatic N) is 3. The third-order valence-corrected chi connectivity index (χ3v) is 7.53. The number of imidazole rings is 1. The molecule has 0 amide bonds. The summed E-state index contributed by atoms with van der Waals surface area (Å²) >= 11 is 7.07. The molecule has 1 aliphatic rings. The Kier molecular flexibility index (Phi) is 7.45. The highest BCUT2D eigenvalue weighted by Crippen LogP contribution is 2.41. The van der Waals surface area contributed by atoms with Crippen LogP contribution in [0.2, 0.25) is 0 Å². The summed E-state index contributed by atoms with van der Waals surface area (Å²) in [4.78, 5) is 16.6. The van der Waals surface area contributed by atoms with Gasteiger partial charge in [-0.1, -0.05) is 26.7 Å². The number of halogens is 2. The Labute approximate surface area is 177 Å². The highest BCUT2D eigenvalue weighted by molar-refractivity contribution is 9.13. The van der Waals surface area contributed by atoms with E-state index in [0.29, 0.717) is 22.0 Å². The van der Waals surface area contributed by atoms with Crippen LogP contribution in [0.3, 0.4) is 0 Å². The molecule has 148 valence electrons. The number of aromatic nitrogens is 2. The van der Waals surface area contributed by atoms with Gasteiger partial charge in [0.1, 0.15) is 11.3 Å². The fraction of sp³-hybridized carbons (Fsp3) is 0.650. The first-order valence-electron chi connectivity index (χ1n) is 10.0. The van der Waals surface area contributed by atoms with Crippen molar-refractivity contribution >= 4 is 48.6 Å². The Morgan fingerprint density at radius 2 is 1.93 bits per heavy atom. The second-order valence-corrected chi connectivity index (χ2v) is 9.18. The summed E-state index contributed by atoms with van der Waals surface area (Å²) in [6, 6.07) is 2.08. The van der Waals surface area contributed by atoms with Crippen LogP contribution in [0, 0.1) is 10.8 Å². The van der Waals surface area contributed by atoms with E-state index in [1.807, 2.05) is 0 Å². The van der Waals surface area contributed by atoms with E-state index < -0.39 is 0 Å². The summed E-state index contributed by atoms with van der Waals surface area (Å²) in [5.74, 6) is 2.19. The number of hydrogen-bond acceptors (Lipinski definition) is 4. The van der Waals surface area contributed by atoms with E-state index in [1.165, 1.54) is 12.8 Å². The van der Waals surface area contributed by atoms with Crippen LogP contribution >= 0.6 is 31.9 Å². The highest BCUT2D eigenvalue weighted by Gasteiger charge is 2.25. The molecule has 27 heavy (non-hydrogen) atoms.